The van der Waals surface area contributed by atoms with E-state index in [2.05, 4.69) is 63.1 Å². The predicted molar refractivity (Wildman–Crippen MR) is 126 cm³/mol. The van der Waals surface area contributed by atoms with Gasteiger partial charge in [0, 0.05) is 26.2 Å². The molecule has 6 nitrogen and oxygen atoms in total. The summed E-state index contributed by atoms with van der Waals surface area (Å²) in [5.74, 6) is 1.02. The molecule has 7 heteroatoms. The van der Waals surface area contributed by atoms with Gasteiger partial charge in [0.25, 0.3) is 0 Å². The molecule has 2 fully saturated rings. The summed E-state index contributed by atoms with van der Waals surface area (Å²) >= 11 is 1.61. The quantitative estimate of drug-likeness (QED) is 0.769. The molecule has 3 unspecified atom stereocenters. The highest BCUT2D eigenvalue weighted by atomic mass is 32.2. The van der Waals surface area contributed by atoms with Gasteiger partial charge in [-0.15, -0.1) is 11.8 Å². The smallest absolute Gasteiger partial charge is 0.237 e. The Morgan fingerprint density at radius 2 is 1.77 bits per heavy atom. The lowest BCUT2D eigenvalue weighted by Crippen LogP contribution is -2.69. The first-order valence-electron chi connectivity index (χ1n) is 10.7. The van der Waals surface area contributed by atoms with Crippen LogP contribution in [-0.4, -0.2) is 61.7 Å². The Bertz CT molecular complexity index is 985. The van der Waals surface area contributed by atoms with Crippen LogP contribution in [0.5, 0.6) is 5.75 Å². The third kappa shape index (κ3) is 3.93. The normalized spacial score (nSPS) is 26.3. The lowest BCUT2D eigenvalue weighted by molar-refractivity contribution is -0.125. The zero-order valence-electron chi connectivity index (χ0n) is 17.9. The van der Waals surface area contributed by atoms with Crippen LogP contribution in [0.25, 0.3) is 5.57 Å². The maximum atomic E-state index is 12.9. The fourth-order valence-corrected chi connectivity index (χ4v) is 5.73. The Labute approximate surface area is 187 Å². The number of carbonyl (C=O) groups is 1. The number of ether oxygens (including phenoxy) is 1. The number of methoxy groups -OCH3 is 1. The molecule has 0 saturated carbocycles. The summed E-state index contributed by atoms with van der Waals surface area (Å²) in [6.45, 7) is 5.60. The highest BCUT2D eigenvalue weighted by Gasteiger charge is 2.43. The highest BCUT2D eigenvalue weighted by Crippen LogP contribution is 2.38. The van der Waals surface area contributed by atoms with Gasteiger partial charge in [0.05, 0.1) is 18.8 Å². The zero-order chi connectivity index (χ0) is 21.4. The first-order valence-corrected chi connectivity index (χ1v) is 11.7. The van der Waals surface area contributed by atoms with E-state index < -0.39 is 0 Å². The molecular formula is C24H28N4O2S. The van der Waals surface area contributed by atoms with Gasteiger partial charge in [0.2, 0.25) is 5.91 Å². The number of piperazine rings is 1. The summed E-state index contributed by atoms with van der Waals surface area (Å²) in [5.41, 5.74) is 4.77. The van der Waals surface area contributed by atoms with Crippen LogP contribution >= 0.6 is 11.8 Å². The highest BCUT2D eigenvalue weighted by molar-refractivity contribution is 8.04. The third-order valence-electron chi connectivity index (χ3n) is 6.34. The number of nitrogens with one attached hydrogen (secondary N) is 2. The Morgan fingerprint density at radius 1 is 1.03 bits per heavy atom. The summed E-state index contributed by atoms with van der Waals surface area (Å²) < 4.78 is 5.53. The minimum Gasteiger partial charge on any atom is -0.495 e. The lowest BCUT2D eigenvalue weighted by atomic mass is 9.95. The molecule has 5 rings (SSSR count). The number of amides is 1. The van der Waals surface area contributed by atoms with Crippen molar-refractivity contribution < 1.29 is 9.53 Å². The van der Waals surface area contributed by atoms with Gasteiger partial charge in [-0.05, 0) is 35.6 Å². The Hall–Kier alpha value is -2.48. The number of fused-ring (bicyclic) bond motifs is 1. The number of anilines is 1. The summed E-state index contributed by atoms with van der Waals surface area (Å²) in [6.07, 6.45) is -0.152. The molecule has 2 N–H and O–H groups in total. The molecule has 2 aromatic rings. The van der Waals surface area contributed by atoms with E-state index in [1.54, 1.807) is 18.9 Å². The minimum atomic E-state index is -0.152. The van der Waals surface area contributed by atoms with Crippen molar-refractivity contribution in [2.75, 3.05) is 38.2 Å². The molecule has 0 aliphatic carbocycles. The zero-order valence-corrected chi connectivity index (χ0v) is 18.7. The summed E-state index contributed by atoms with van der Waals surface area (Å²) in [4.78, 5) is 17.6. The molecule has 162 valence electrons. The van der Waals surface area contributed by atoms with Gasteiger partial charge < -0.3 is 15.0 Å². The molecule has 2 aromatic carbocycles. The molecule has 2 saturated heterocycles. The number of rotatable bonds is 4. The van der Waals surface area contributed by atoms with E-state index in [9.17, 15) is 4.79 Å². The number of aryl methyl sites for hydroxylation is 1. The molecule has 0 spiro atoms. The van der Waals surface area contributed by atoms with E-state index in [0.29, 0.717) is 0 Å². The van der Waals surface area contributed by atoms with Gasteiger partial charge in [-0.3, -0.25) is 15.0 Å². The second-order valence-electron chi connectivity index (χ2n) is 8.25. The van der Waals surface area contributed by atoms with Crippen LogP contribution in [0.4, 0.5) is 5.69 Å². The van der Waals surface area contributed by atoms with Crippen molar-refractivity contribution in [3.63, 3.8) is 0 Å². The molecule has 0 radical (unpaired) electrons. The second-order valence-corrected chi connectivity index (χ2v) is 9.26. The van der Waals surface area contributed by atoms with Crippen LogP contribution in [-0.2, 0) is 4.79 Å². The van der Waals surface area contributed by atoms with E-state index in [1.807, 2.05) is 18.2 Å². The van der Waals surface area contributed by atoms with Crippen molar-refractivity contribution in [3.8, 4) is 5.75 Å². The van der Waals surface area contributed by atoms with E-state index in [4.69, 9.17) is 4.74 Å². The fraction of sp³-hybridized carbons (Fsp3) is 0.375. The first-order chi connectivity index (χ1) is 15.1. The molecule has 31 heavy (non-hydrogen) atoms. The summed E-state index contributed by atoms with van der Waals surface area (Å²) in [6, 6.07) is 16.7. The molecule has 1 amide bonds. The average Bonchev–Trinajstić information content (AvgIpc) is 3.24. The monoisotopic (exact) mass is 436 g/mol. The lowest BCUT2D eigenvalue weighted by Gasteiger charge is -2.44. The fourth-order valence-electron chi connectivity index (χ4n) is 4.58. The average molecular weight is 437 g/mol. The number of para-hydroxylation sites is 2. The second kappa shape index (κ2) is 8.57. The maximum Gasteiger partial charge on any atom is 0.237 e. The standard InChI is InChI=1S/C24H28N4O2S/c1-16-7-9-17(10-8-16)18-15-31-22-21(18)25-24(26-23(22)29)28-13-11-27(12-14-28)19-5-3-4-6-20(19)30-2/h3-10,15,21-22,24-25H,11-14H2,1-2H3,(H,26,29). The third-order valence-corrected chi connectivity index (χ3v) is 7.51. The van der Waals surface area contributed by atoms with Crippen LogP contribution in [0.2, 0.25) is 0 Å². The van der Waals surface area contributed by atoms with Gasteiger partial charge >= 0.3 is 0 Å². The molecule has 0 aromatic heterocycles. The number of hydrogen-bond acceptors (Lipinski definition) is 6. The predicted octanol–water partition coefficient (Wildman–Crippen LogP) is 2.65. The van der Waals surface area contributed by atoms with Gasteiger partial charge in [-0.2, -0.15) is 0 Å². The van der Waals surface area contributed by atoms with E-state index in [1.165, 1.54) is 16.7 Å². The van der Waals surface area contributed by atoms with Crippen LogP contribution in [0.1, 0.15) is 11.1 Å². The van der Waals surface area contributed by atoms with Crippen molar-refractivity contribution >= 4 is 28.9 Å². The number of nitrogens with zero attached hydrogens (tertiary/aromatic N) is 2. The SMILES string of the molecule is COc1ccccc1N1CCN(C2NC(=O)C3SC=C(c4ccc(C)cc4)C3N2)CC1. The number of hydrogen-bond donors (Lipinski definition) is 2. The summed E-state index contributed by atoms with van der Waals surface area (Å²) in [5, 5.41) is 8.95. The van der Waals surface area contributed by atoms with E-state index in [0.717, 1.165) is 37.6 Å². The molecule has 0 bridgehead atoms. The van der Waals surface area contributed by atoms with Gasteiger partial charge in [-0.25, -0.2) is 0 Å². The summed E-state index contributed by atoms with van der Waals surface area (Å²) in [7, 11) is 1.71. The van der Waals surface area contributed by atoms with Gasteiger partial charge in [0.15, 0.2) is 0 Å². The van der Waals surface area contributed by atoms with Crippen molar-refractivity contribution in [2.45, 2.75) is 24.5 Å². The van der Waals surface area contributed by atoms with E-state index in [-0.39, 0.29) is 23.5 Å². The van der Waals surface area contributed by atoms with Crippen LogP contribution < -0.4 is 20.3 Å². The van der Waals surface area contributed by atoms with Gasteiger partial charge in [-0.1, -0.05) is 42.0 Å². The van der Waals surface area contributed by atoms with Crippen molar-refractivity contribution in [3.05, 3.63) is 65.1 Å². The minimum absolute atomic E-state index is 0.0266. The van der Waals surface area contributed by atoms with E-state index >= 15 is 0 Å². The van der Waals surface area contributed by atoms with Crippen LogP contribution in [0.3, 0.4) is 0 Å². The Balaban J connectivity index is 1.27. The molecule has 3 aliphatic rings. The number of thioether (sulfide) groups is 1. The number of benzene rings is 2. The molecular weight excluding hydrogens is 408 g/mol. The van der Waals surface area contributed by atoms with Crippen LogP contribution in [0.15, 0.2) is 53.9 Å². The van der Waals surface area contributed by atoms with Crippen LogP contribution in [0, 0.1) is 6.92 Å². The maximum absolute atomic E-state index is 12.9. The van der Waals surface area contributed by atoms with Gasteiger partial charge in [0.1, 0.15) is 17.3 Å². The molecule has 3 heterocycles. The largest absolute Gasteiger partial charge is 0.495 e. The molecule has 3 aliphatic heterocycles. The topological polar surface area (TPSA) is 56.8 Å². The Morgan fingerprint density at radius 3 is 2.52 bits per heavy atom. The number of carbonyl (C=O) groups excluding carboxylic acids is 1. The Kier molecular flexibility index (Phi) is 5.65. The van der Waals surface area contributed by atoms with Crippen molar-refractivity contribution in [2.24, 2.45) is 0 Å². The first kappa shape index (κ1) is 20.4. The van der Waals surface area contributed by atoms with Crippen molar-refractivity contribution in [1.29, 1.82) is 0 Å². The van der Waals surface area contributed by atoms with Crippen molar-refractivity contribution in [1.82, 2.24) is 15.5 Å². The molecule has 3 atom stereocenters.